The van der Waals surface area contributed by atoms with Crippen LogP contribution in [-0.4, -0.2) is 45.4 Å². The Balaban J connectivity index is 2.66. The fourth-order valence-electron chi connectivity index (χ4n) is 2.40. The number of nitrogens with one attached hydrogen (secondary N) is 1. The molecular weight excluding hydrogens is 459 g/mol. The molecule has 13 heteroatoms. The quantitative estimate of drug-likeness (QED) is 0.233. The summed E-state index contributed by atoms with van der Waals surface area (Å²) in [5.41, 5.74) is -5.72. The van der Waals surface area contributed by atoms with Gasteiger partial charge in [-0.25, -0.2) is 9.59 Å². The van der Waals surface area contributed by atoms with E-state index in [1.807, 2.05) is 0 Å². The van der Waals surface area contributed by atoms with Gasteiger partial charge in [0.1, 0.15) is 5.88 Å². The van der Waals surface area contributed by atoms with Crippen LogP contribution in [0.5, 0.6) is 0 Å². The Kier molecular flexibility index (Phi) is 7.31. The molecule has 0 saturated heterocycles. The van der Waals surface area contributed by atoms with Crippen LogP contribution in [0.2, 0.25) is 0 Å². The summed E-state index contributed by atoms with van der Waals surface area (Å²) >= 11 is 5.26. The molecule has 3 N–H and O–H groups in total. The first-order chi connectivity index (χ1) is 14.9. The summed E-state index contributed by atoms with van der Waals surface area (Å²) in [4.78, 5) is 47.4. The Morgan fingerprint density at radius 2 is 1.56 bits per heavy atom. The number of aliphatic carboxylic acids is 2. The van der Waals surface area contributed by atoms with Crippen LogP contribution >= 0.6 is 11.6 Å². The number of carbonyl (C=O) groups excluding carboxylic acids is 2. The van der Waals surface area contributed by atoms with Crippen molar-refractivity contribution in [2.75, 3.05) is 5.88 Å². The molecule has 1 amide bonds. The highest BCUT2D eigenvalue weighted by atomic mass is 35.5. The summed E-state index contributed by atoms with van der Waals surface area (Å²) in [5, 5.41) is 26.7. The van der Waals surface area contributed by atoms with Gasteiger partial charge < -0.3 is 15.5 Å². The van der Waals surface area contributed by atoms with Crippen LogP contribution in [0.1, 0.15) is 21.5 Å². The number of rotatable bonds is 8. The summed E-state index contributed by atoms with van der Waals surface area (Å²) in [6.45, 7) is 0. The van der Waals surface area contributed by atoms with Gasteiger partial charge in [-0.15, -0.1) is 16.7 Å². The summed E-state index contributed by atoms with van der Waals surface area (Å²) < 4.78 is 39.5. The Morgan fingerprint density at radius 3 is 2.06 bits per heavy atom. The average Bonchev–Trinajstić information content (AvgIpc) is 2.75. The van der Waals surface area contributed by atoms with Crippen molar-refractivity contribution in [1.29, 1.82) is 0 Å². The number of hydrogen-bond acceptors (Lipinski definition) is 6. The topological polar surface area (TPSA) is 145 Å². The van der Waals surface area contributed by atoms with E-state index >= 15 is 0 Å². The SMILES string of the molecule is O=C(CCl)NC(N=Nc1ccc(C(F)(F)F)cc1C(=O)c1ccccc1)(C(=O)O)C(=O)O. The van der Waals surface area contributed by atoms with Gasteiger partial charge in [0.05, 0.1) is 16.8 Å². The third-order valence-electron chi connectivity index (χ3n) is 3.97. The molecule has 0 bridgehead atoms. The van der Waals surface area contributed by atoms with E-state index in [-0.39, 0.29) is 5.56 Å². The van der Waals surface area contributed by atoms with E-state index < -0.39 is 58.2 Å². The Morgan fingerprint density at radius 1 is 0.969 bits per heavy atom. The van der Waals surface area contributed by atoms with Crippen molar-refractivity contribution in [3.05, 3.63) is 65.2 Å². The molecule has 0 heterocycles. The number of nitrogens with zero attached hydrogens (tertiary/aromatic N) is 2. The summed E-state index contributed by atoms with van der Waals surface area (Å²) in [6.07, 6.45) is -4.82. The van der Waals surface area contributed by atoms with Gasteiger partial charge in [0.15, 0.2) is 5.78 Å². The molecule has 0 aliphatic heterocycles. The Labute approximate surface area is 182 Å². The second-order valence-electron chi connectivity index (χ2n) is 6.13. The van der Waals surface area contributed by atoms with E-state index in [1.54, 1.807) is 11.4 Å². The molecule has 0 fully saturated rings. The lowest BCUT2D eigenvalue weighted by atomic mass is 9.99. The first-order valence-electron chi connectivity index (χ1n) is 8.50. The van der Waals surface area contributed by atoms with Crippen molar-refractivity contribution in [3.8, 4) is 0 Å². The van der Waals surface area contributed by atoms with Crippen molar-refractivity contribution in [2.45, 2.75) is 11.8 Å². The highest BCUT2D eigenvalue weighted by Crippen LogP contribution is 2.34. The Hall–Kier alpha value is -3.80. The Bertz CT molecular complexity index is 1080. The van der Waals surface area contributed by atoms with Crippen LogP contribution < -0.4 is 5.32 Å². The molecule has 2 aromatic carbocycles. The van der Waals surface area contributed by atoms with Gasteiger partial charge in [-0.05, 0) is 18.2 Å². The fourth-order valence-corrected chi connectivity index (χ4v) is 2.47. The maximum absolute atomic E-state index is 13.2. The first kappa shape index (κ1) is 24.5. The minimum Gasteiger partial charge on any atom is -0.478 e. The van der Waals surface area contributed by atoms with Gasteiger partial charge in [-0.1, -0.05) is 30.3 Å². The molecule has 9 nitrogen and oxygen atoms in total. The number of carboxylic acid groups (broad SMARTS) is 2. The number of halogens is 4. The predicted molar refractivity (Wildman–Crippen MR) is 103 cm³/mol. The first-order valence-corrected chi connectivity index (χ1v) is 9.03. The lowest BCUT2D eigenvalue weighted by molar-refractivity contribution is -0.161. The number of carboxylic acids is 2. The fraction of sp³-hybridized carbons (Fsp3) is 0.158. The summed E-state index contributed by atoms with van der Waals surface area (Å²) in [6, 6.07) is 8.89. The minimum absolute atomic E-state index is 0.0125. The highest BCUT2D eigenvalue weighted by molar-refractivity contribution is 6.27. The normalized spacial score (nSPS) is 11.9. The molecule has 168 valence electrons. The second-order valence-corrected chi connectivity index (χ2v) is 6.39. The number of alkyl halides is 4. The molecule has 32 heavy (non-hydrogen) atoms. The molecule has 2 rings (SSSR count). The smallest absolute Gasteiger partial charge is 0.416 e. The van der Waals surface area contributed by atoms with Crippen molar-refractivity contribution in [3.63, 3.8) is 0 Å². The third kappa shape index (κ3) is 5.27. The van der Waals surface area contributed by atoms with Crippen LogP contribution in [0.4, 0.5) is 18.9 Å². The van der Waals surface area contributed by atoms with E-state index in [0.29, 0.717) is 12.1 Å². The summed E-state index contributed by atoms with van der Waals surface area (Å²) in [7, 11) is 0. The van der Waals surface area contributed by atoms with Gasteiger partial charge in [-0.3, -0.25) is 9.59 Å². The average molecular weight is 472 g/mol. The van der Waals surface area contributed by atoms with Gasteiger partial charge in [0.2, 0.25) is 5.91 Å². The zero-order chi connectivity index (χ0) is 24.1. The van der Waals surface area contributed by atoms with Crippen LogP contribution in [0.15, 0.2) is 58.8 Å². The largest absolute Gasteiger partial charge is 0.478 e. The zero-order valence-electron chi connectivity index (χ0n) is 15.8. The van der Waals surface area contributed by atoms with Gasteiger partial charge in [0, 0.05) is 5.56 Å². The van der Waals surface area contributed by atoms with Crippen LogP contribution in [-0.2, 0) is 20.6 Å². The lowest BCUT2D eigenvalue weighted by Crippen LogP contribution is -2.59. The van der Waals surface area contributed by atoms with Crippen molar-refractivity contribution >= 4 is 40.9 Å². The second kappa shape index (κ2) is 9.56. The molecule has 0 aliphatic rings. The molecule has 0 atom stereocenters. The van der Waals surface area contributed by atoms with Crippen molar-refractivity contribution in [2.24, 2.45) is 10.2 Å². The third-order valence-corrected chi connectivity index (χ3v) is 4.22. The molecule has 0 aliphatic carbocycles. The molecule has 0 aromatic heterocycles. The maximum atomic E-state index is 13.2. The number of amides is 1. The van der Waals surface area contributed by atoms with Crippen LogP contribution in [0.25, 0.3) is 0 Å². The van der Waals surface area contributed by atoms with E-state index in [0.717, 1.165) is 6.07 Å². The van der Waals surface area contributed by atoms with E-state index in [9.17, 15) is 42.6 Å². The molecule has 0 saturated carbocycles. The molecule has 0 radical (unpaired) electrons. The van der Waals surface area contributed by atoms with Crippen molar-refractivity contribution < 1.29 is 42.6 Å². The summed E-state index contributed by atoms with van der Waals surface area (Å²) in [5.74, 6) is -7.25. The maximum Gasteiger partial charge on any atom is 0.416 e. The molecule has 0 spiro atoms. The molecule has 0 unspecified atom stereocenters. The standard InChI is InChI=1S/C19H13ClF3N3O6/c20-9-14(27)24-18(16(29)30,17(31)32)26-25-13-7-6-11(19(21,22)23)8-12(13)15(28)10-4-2-1-3-5-10/h1-8H,9H2,(H,24,27)(H,29,30)(H,31,32). The van der Waals surface area contributed by atoms with E-state index in [2.05, 4.69) is 10.2 Å². The van der Waals surface area contributed by atoms with Crippen LogP contribution in [0, 0.1) is 0 Å². The predicted octanol–water partition coefficient (Wildman–Crippen LogP) is 3.24. The van der Waals surface area contributed by atoms with Crippen LogP contribution in [0.3, 0.4) is 0 Å². The zero-order valence-corrected chi connectivity index (χ0v) is 16.5. The van der Waals surface area contributed by atoms with Gasteiger partial charge in [-0.2, -0.15) is 18.3 Å². The number of carbonyl (C=O) groups is 4. The van der Waals surface area contributed by atoms with Gasteiger partial charge in [0.25, 0.3) is 0 Å². The van der Waals surface area contributed by atoms with E-state index in [1.165, 1.54) is 24.3 Å². The number of azo groups is 1. The highest BCUT2D eigenvalue weighted by Gasteiger charge is 2.49. The minimum atomic E-state index is -4.82. The van der Waals surface area contributed by atoms with E-state index in [4.69, 9.17) is 11.6 Å². The molecule has 2 aromatic rings. The monoisotopic (exact) mass is 471 g/mol. The number of benzene rings is 2. The molecular formula is C19H13ClF3N3O6. The lowest BCUT2D eigenvalue weighted by Gasteiger charge is -2.20. The number of ketones is 1. The number of hydrogen-bond donors (Lipinski definition) is 3. The van der Waals surface area contributed by atoms with Crippen molar-refractivity contribution in [1.82, 2.24) is 5.32 Å². The van der Waals surface area contributed by atoms with Gasteiger partial charge >= 0.3 is 23.8 Å².